The van der Waals surface area contributed by atoms with Crippen molar-refractivity contribution in [2.24, 2.45) is 5.92 Å². The number of rotatable bonds is 4. The van der Waals surface area contributed by atoms with Crippen LogP contribution in [0, 0.1) is 5.92 Å². The third-order valence-electron chi connectivity index (χ3n) is 4.73. The molecule has 0 bridgehead atoms. The normalized spacial score (nSPS) is 15.2. The van der Waals surface area contributed by atoms with E-state index in [1.165, 1.54) is 0 Å². The molecule has 2 heterocycles. The van der Waals surface area contributed by atoms with Gasteiger partial charge in [0.15, 0.2) is 0 Å². The number of nitrogens with zero attached hydrogens (tertiary/aromatic N) is 3. The van der Waals surface area contributed by atoms with Crippen molar-refractivity contribution in [1.82, 2.24) is 14.9 Å². The van der Waals surface area contributed by atoms with Crippen LogP contribution in [0.5, 0.6) is 0 Å². The Hall–Kier alpha value is -2.76. The molecule has 0 saturated carbocycles. The molecule has 25 heavy (non-hydrogen) atoms. The van der Waals surface area contributed by atoms with Crippen LogP contribution in [0.2, 0.25) is 0 Å². The Labute approximate surface area is 146 Å². The maximum Gasteiger partial charge on any atom is 0.336 e. The van der Waals surface area contributed by atoms with Gasteiger partial charge in [-0.15, -0.1) is 0 Å². The van der Waals surface area contributed by atoms with E-state index in [1.807, 2.05) is 11.0 Å². The van der Waals surface area contributed by atoms with Gasteiger partial charge in [0.1, 0.15) is 0 Å². The molecule has 1 amide bonds. The number of aromatic carboxylic acids is 1. The van der Waals surface area contributed by atoms with Gasteiger partial charge in [0.25, 0.3) is 0 Å². The van der Waals surface area contributed by atoms with E-state index in [-0.39, 0.29) is 11.5 Å². The Balaban J connectivity index is 1.83. The van der Waals surface area contributed by atoms with Crippen LogP contribution in [0.15, 0.2) is 36.7 Å². The number of hydrogen-bond acceptors (Lipinski definition) is 4. The molecule has 6 heteroatoms. The van der Waals surface area contributed by atoms with Gasteiger partial charge in [-0.3, -0.25) is 14.8 Å². The smallest absolute Gasteiger partial charge is 0.336 e. The van der Waals surface area contributed by atoms with Crippen molar-refractivity contribution < 1.29 is 14.7 Å². The number of hydrogen-bond donors (Lipinski definition) is 1. The standard InChI is InChI=1S/C19H21N3O3/c1-13(23)22-10-6-14(7-11-22)12-17-18(21-9-8-20-17)15-4-2-3-5-16(15)19(24)25/h2-5,8-9,14H,6-7,10-12H2,1H3,(H,24,25). The first-order chi connectivity index (χ1) is 12.1. The second-order valence-electron chi connectivity index (χ2n) is 6.36. The molecule has 1 aromatic heterocycles. The van der Waals surface area contributed by atoms with E-state index in [0.717, 1.165) is 38.0 Å². The van der Waals surface area contributed by atoms with Gasteiger partial charge in [-0.05, 0) is 31.2 Å². The molecule has 0 aliphatic carbocycles. The number of carbonyl (C=O) groups excluding carboxylic acids is 1. The zero-order chi connectivity index (χ0) is 17.8. The van der Waals surface area contributed by atoms with Crippen LogP contribution in [0.25, 0.3) is 11.3 Å². The van der Waals surface area contributed by atoms with Crippen LogP contribution < -0.4 is 0 Å². The van der Waals surface area contributed by atoms with Crippen LogP contribution in [0.1, 0.15) is 35.8 Å². The molecule has 1 N–H and O–H groups in total. The molecule has 6 nitrogen and oxygen atoms in total. The summed E-state index contributed by atoms with van der Waals surface area (Å²) >= 11 is 0. The number of carboxylic acid groups (broad SMARTS) is 1. The van der Waals surface area contributed by atoms with Crippen molar-refractivity contribution >= 4 is 11.9 Å². The lowest BCUT2D eigenvalue weighted by molar-refractivity contribution is -0.130. The lowest BCUT2D eigenvalue weighted by atomic mass is 9.90. The summed E-state index contributed by atoms with van der Waals surface area (Å²) in [5.74, 6) is -0.431. The predicted molar refractivity (Wildman–Crippen MR) is 93.1 cm³/mol. The fourth-order valence-corrected chi connectivity index (χ4v) is 3.34. The first kappa shape index (κ1) is 17.1. The van der Waals surface area contributed by atoms with Crippen LogP contribution in [-0.4, -0.2) is 44.9 Å². The third kappa shape index (κ3) is 3.84. The predicted octanol–water partition coefficient (Wildman–Crippen LogP) is 2.64. The summed E-state index contributed by atoms with van der Waals surface area (Å²) in [7, 11) is 0. The molecule has 1 aliphatic heterocycles. The number of benzene rings is 1. The maximum atomic E-state index is 11.5. The van der Waals surface area contributed by atoms with E-state index in [9.17, 15) is 14.7 Å². The van der Waals surface area contributed by atoms with Crippen molar-refractivity contribution in [3.63, 3.8) is 0 Å². The minimum Gasteiger partial charge on any atom is -0.478 e. The molecular formula is C19H21N3O3. The van der Waals surface area contributed by atoms with E-state index in [2.05, 4.69) is 9.97 Å². The van der Waals surface area contributed by atoms with Crippen LogP contribution in [-0.2, 0) is 11.2 Å². The van der Waals surface area contributed by atoms with Gasteiger partial charge in [0, 0.05) is 38.0 Å². The number of aromatic nitrogens is 2. The van der Waals surface area contributed by atoms with Crippen molar-refractivity contribution in [3.8, 4) is 11.3 Å². The summed E-state index contributed by atoms with van der Waals surface area (Å²) in [6.45, 7) is 3.13. The number of likely N-dealkylation sites (tertiary alicyclic amines) is 1. The van der Waals surface area contributed by atoms with Gasteiger partial charge in [0.05, 0.1) is 17.0 Å². The third-order valence-corrected chi connectivity index (χ3v) is 4.73. The van der Waals surface area contributed by atoms with Gasteiger partial charge >= 0.3 is 5.97 Å². The minimum atomic E-state index is -0.970. The summed E-state index contributed by atoms with van der Waals surface area (Å²) in [5.41, 5.74) is 2.28. The Kier molecular flexibility index (Phi) is 5.07. The molecule has 0 radical (unpaired) electrons. The maximum absolute atomic E-state index is 11.5. The fourth-order valence-electron chi connectivity index (χ4n) is 3.34. The van der Waals surface area contributed by atoms with E-state index >= 15 is 0 Å². The summed E-state index contributed by atoms with van der Waals surface area (Å²) in [5, 5.41) is 9.43. The Morgan fingerprint density at radius 2 is 1.84 bits per heavy atom. The van der Waals surface area contributed by atoms with Gasteiger partial charge in [-0.25, -0.2) is 4.79 Å². The van der Waals surface area contributed by atoms with Crippen molar-refractivity contribution in [2.75, 3.05) is 13.1 Å². The lowest BCUT2D eigenvalue weighted by Crippen LogP contribution is -2.37. The van der Waals surface area contributed by atoms with Crippen molar-refractivity contribution in [1.29, 1.82) is 0 Å². The zero-order valence-electron chi connectivity index (χ0n) is 14.2. The molecule has 0 spiro atoms. The average molecular weight is 339 g/mol. The highest BCUT2D eigenvalue weighted by Gasteiger charge is 2.23. The fraction of sp³-hybridized carbons (Fsp3) is 0.368. The summed E-state index contributed by atoms with van der Waals surface area (Å²) in [6.07, 6.45) is 5.83. The molecule has 1 aliphatic rings. The number of piperidine rings is 1. The highest BCUT2D eigenvalue weighted by molar-refractivity contribution is 5.95. The quantitative estimate of drug-likeness (QED) is 0.926. The summed E-state index contributed by atoms with van der Waals surface area (Å²) < 4.78 is 0. The van der Waals surface area contributed by atoms with Crippen LogP contribution >= 0.6 is 0 Å². The highest BCUT2D eigenvalue weighted by Crippen LogP contribution is 2.28. The van der Waals surface area contributed by atoms with Gasteiger partial charge in [-0.1, -0.05) is 18.2 Å². The molecule has 1 aromatic carbocycles. The SMILES string of the molecule is CC(=O)N1CCC(Cc2nccnc2-c2ccccc2C(=O)O)CC1. The van der Waals surface area contributed by atoms with E-state index in [4.69, 9.17) is 0 Å². The Morgan fingerprint density at radius 3 is 2.52 bits per heavy atom. The molecule has 1 fully saturated rings. The number of carboxylic acids is 1. The molecule has 2 aromatic rings. The number of carbonyl (C=O) groups is 2. The molecule has 0 atom stereocenters. The first-order valence-corrected chi connectivity index (χ1v) is 8.44. The Bertz CT molecular complexity index is 783. The monoisotopic (exact) mass is 339 g/mol. The number of amides is 1. The zero-order valence-corrected chi connectivity index (χ0v) is 14.2. The van der Waals surface area contributed by atoms with Gasteiger partial charge in [-0.2, -0.15) is 0 Å². The first-order valence-electron chi connectivity index (χ1n) is 8.44. The second-order valence-corrected chi connectivity index (χ2v) is 6.36. The Morgan fingerprint density at radius 1 is 1.16 bits per heavy atom. The largest absolute Gasteiger partial charge is 0.478 e. The topological polar surface area (TPSA) is 83.4 Å². The molecule has 1 saturated heterocycles. The molecular weight excluding hydrogens is 318 g/mol. The van der Waals surface area contributed by atoms with Crippen molar-refractivity contribution in [3.05, 3.63) is 47.9 Å². The summed E-state index contributed by atoms with van der Waals surface area (Å²) in [6, 6.07) is 6.88. The van der Waals surface area contributed by atoms with Crippen LogP contribution in [0.4, 0.5) is 0 Å². The van der Waals surface area contributed by atoms with E-state index < -0.39 is 5.97 Å². The lowest BCUT2D eigenvalue weighted by Gasteiger charge is -2.31. The van der Waals surface area contributed by atoms with Crippen molar-refractivity contribution in [2.45, 2.75) is 26.2 Å². The molecule has 3 rings (SSSR count). The van der Waals surface area contributed by atoms with Gasteiger partial charge < -0.3 is 10.0 Å². The highest BCUT2D eigenvalue weighted by atomic mass is 16.4. The molecule has 0 unspecified atom stereocenters. The van der Waals surface area contributed by atoms with E-state index in [0.29, 0.717) is 17.2 Å². The van der Waals surface area contributed by atoms with Gasteiger partial charge in [0.2, 0.25) is 5.91 Å². The minimum absolute atomic E-state index is 0.119. The average Bonchev–Trinajstić information content (AvgIpc) is 2.62. The van der Waals surface area contributed by atoms with E-state index in [1.54, 1.807) is 37.5 Å². The summed E-state index contributed by atoms with van der Waals surface area (Å²) in [4.78, 5) is 33.7. The molecule has 130 valence electrons. The second kappa shape index (κ2) is 7.42. The van der Waals surface area contributed by atoms with Crippen LogP contribution in [0.3, 0.4) is 0 Å².